The molecule has 1 fully saturated rings. The Labute approximate surface area is 145 Å². The van der Waals surface area contributed by atoms with E-state index in [4.69, 9.17) is 0 Å². The Kier molecular flexibility index (Phi) is 4.76. The Morgan fingerprint density at radius 3 is 2.23 bits per heavy atom. The molecule has 1 aromatic rings. The first-order valence-electron chi connectivity index (χ1n) is 7.28. The van der Waals surface area contributed by atoms with E-state index in [0.29, 0.717) is 13.0 Å². The van der Waals surface area contributed by atoms with Gasteiger partial charge in [-0.1, -0.05) is 13.0 Å². The summed E-state index contributed by atoms with van der Waals surface area (Å²) >= 11 is 0. The molecule has 0 amide bonds. The molecule has 0 radical (unpaired) electrons. The molecule has 26 heavy (non-hydrogen) atoms. The van der Waals surface area contributed by atoms with E-state index >= 15 is 0 Å². The average molecular weight is 402 g/mol. The number of sulfone groups is 1. The van der Waals surface area contributed by atoms with Crippen molar-refractivity contribution in [2.24, 2.45) is 5.92 Å². The summed E-state index contributed by atoms with van der Waals surface area (Å²) in [5, 5.41) is 6.83. The second kappa shape index (κ2) is 6.07. The van der Waals surface area contributed by atoms with Gasteiger partial charge in [-0.25, -0.2) is 12.8 Å². The van der Waals surface area contributed by atoms with Gasteiger partial charge in [0.2, 0.25) is 5.82 Å². The molecular formula is C15H15F5O5S. The van der Waals surface area contributed by atoms with Crippen LogP contribution in [-0.4, -0.2) is 42.8 Å². The third kappa shape index (κ3) is 2.47. The van der Waals surface area contributed by atoms with E-state index in [1.807, 2.05) is 0 Å². The Hall–Kier alpha value is -1.91. The molecule has 0 bridgehead atoms. The predicted octanol–water partition coefficient (Wildman–Crippen LogP) is 2.90. The van der Waals surface area contributed by atoms with Crippen molar-refractivity contribution >= 4 is 15.8 Å². The number of alkyl halides is 3. The number of methoxy groups -OCH3 is 1. The predicted molar refractivity (Wildman–Crippen MR) is 79.6 cm³/mol. The summed E-state index contributed by atoms with van der Waals surface area (Å²) in [5.41, 5.74) is -0.456. The molecule has 2 rings (SSSR count). The number of benzene rings is 1. The minimum atomic E-state index is -5.28. The highest BCUT2D eigenvalue weighted by molar-refractivity contribution is 7.94. The van der Waals surface area contributed by atoms with Crippen LogP contribution in [0.3, 0.4) is 0 Å². The van der Waals surface area contributed by atoms with Crippen LogP contribution in [0.1, 0.15) is 25.3 Å². The molecule has 1 N–H and O–H groups in total. The van der Waals surface area contributed by atoms with E-state index in [2.05, 4.69) is 4.74 Å². The third-order valence-corrected chi connectivity index (χ3v) is 8.06. The zero-order valence-electron chi connectivity index (χ0n) is 13.8. The maximum atomic E-state index is 14.0. The van der Waals surface area contributed by atoms with Crippen LogP contribution in [-0.2, 0) is 14.6 Å². The Morgan fingerprint density at radius 2 is 1.81 bits per heavy atom. The lowest BCUT2D eigenvalue weighted by Gasteiger charge is -2.31. The van der Waals surface area contributed by atoms with Gasteiger partial charge in [-0.3, -0.25) is 4.79 Å². The minimum Gasteiger partial charge on any atom is -0.493 e. The van der Waals surface area contributed by atoms with Crippen molar-refractivity contribution in [3.63, 3.8) is 0 Å². The van der Waals surface area contributed by atoms with Crippen LogP contribution in [0.25, 0.3) is 0 Å². The van der Waals surface area contributed by atoms with Gasteiger partial charge in [0, 0.05) is 11.5 Å². The van der Waals surface area contributed by atoms with Crippen LogP contribution < -0.4 is 4.74 Å². The van der Waals surface area contributed by atoms with Gasteiger partial charge in [0.1, 0.15) is 0 Å². The highest BCUT2D eigenvalue weighted by Crippen LogP contribution is 2.58. The van der Waals surface area contributed by atoms with Crippen LogP contribution >= 0.6 is 0 Å². The fourth-order valence-electron chi connectivity index (χ4n) is 3.48. The quantitative estimate of drug-likeness (QED) is 0.787. The van der Waals surface area contributed by atoms with Crippen LogP contribution in [0.4, 0.5) is 22.0 Å². The lowest BCUT2D eigenvalue weighted by molar-refractivity contribution is -0.167. The molecule has 146 valence electrons. The van der Waals surface area contributed by atoms with Gasteiger partial charge in [-0.15, -0.1) is 0 Å². The Morgan fingerprint density at radius 1 is 1.27 bits per heavy atom. The number of carboxylic acids is 1. The second-order valence-electron chi connectivity index (χ2n) is 6.21. The molecule has 1 aromatic carbocycles. The van der Waals surface area contributed by atoms with E-state index in [9.17, 15) is 40.3 Å². The summed E-state index contributed by atoms with van der Waals surface area (Å²) in [6, 6.07) is 1.42. The maximum Gasteiger partial charge on any atom is 0.408 e. The van der Waals surface area contributed by atoms with Gasteiger partial charge in [-0.05, 0) is 18.9 Å². The maximum absolute atomic E-state index is 14.0. The number of hydrogen-bond acceptors (Lipinski definition) is 4. The topological polar surface area (TPSA) is 80.7 Å². The fraction of sp³-hybridized carbons (Fsp3) is 0.533. The monoisotopic (exact) mass is 402 g/mol. The van der Waals surface area contributed by atoms with E-state index < -0.39 is 66.8 Å². The van der Waals surface area contributed by atoms with Gasteiger partial charge < -0.3 is 9.84 Å². The third-order valence-electron chi connectivity index (χ3n) is 5.11. The fourth-order valence-corrected chi connectivity index (χ4v) is 6.02. The standard InChI is InChI=1S/C15H15F5O5S/c1-6-9(7-4-5-8(16)10(17)11(7)25-3)12(13(21)22)26(23,24)14(6,2)15(18,19)20/h4-6,9,12H,1-3H3,(H,21,22)/t6-,9-,12+,14+/m0/s1. The molecule has 1 saturated heterocycles. The number of carboxylic acid groups (broad SMARTS) is 1. The lowest BCUT2D eigenvalue weighted by atomic mass is 9.77. The molecule has 0 saturated carbocycles. The smallest absolute Gasteiger partial charge is 0.408 e. The average Bonchev–Trinajstić information content (AvgIpc) is 2.67. The van der Waals surface area contributed by atoms with Crippen LogP contribution in [0.2, 0.25) is 0 Å². The summed E-state index contributed by atoms with van der Waals surface area (Å²) in [5.74, 6) is -9.35. The van der Waals surface area contributed by atoms with Crippen molar-refractivity contribution in [3.05, 3.63) is 29.3 Å². The first kappa shape index (κ1) is 20.4. The molecule has 0 aromatic heterocycles. The number of carbonyl (C=O) groups is 1. The molecule has 0 unspecified atom stereocenters. The van der Waals surface area contributed by atoms with Crippen molar-refractivity contribution in [1.29, 1.82) is 0 Å². The van der Waals surface area contributed by atoms with E-state index in [1.54, 1.807) is 0 Å². The van der Waals surface area contributed by atoms with E-state index in [0.717, 1.165) is 20.1 Å². The first-order valence-corrected chi connectivity index (χ1v) is 8.83. The Bertz CT molecular complexity index is 851. The number of aliphatic carboxylic acids is 1. The zero-order valence-corrected chi connectivity index (χ0v) is 14.6. The Balaban J connectivity index is 2.85. The first-order chi connectivity index (χ1) is 11.7. The van der Waals surface area contributed by atoms with E-state index in [-0.39, 0.29) is 0 Å². The number of halogens is 5. The lowest BCUT2D eigenvalue weighted by Crippen LogP contribution is -2.51. The molecule has 11 heteroatoms. The molecule has 1 aliphatic rings. The summed E-state index contributed by atoms with van der Waals surface area (Å²) in [6.07, 6.45) is -5.28. The number of rotatable bonds is 3. The summed E-state index contributed by atoms with van der Waals surface area (Å²) in [6.45, 7) is 1.31. The molecule has 0 spiro atoms. The SMILES string of the molecule is COc1c([C@@H]2[C@H](C)[C@](C)(C(F)(F)F)S(=O)(=O)[C@H]2C(=O)O)ccc(F)c1F. The van der Waals surface area contributed by atoms with Crippen molar-refractivity contribution < 1.29 is 45.0 Å². The number of hydrogen-bond donors (Lipinski definition) is 1. The van der Waals surface area contributed by atoms with Gasteiger partial charge >= 0.3 is 12.1 Å². The minimum absolute atomic E-state index is 0.398. The van der Waals surface area contributed by atoms with Crippen molar-refractivity contribution in [2.75, 3.05) is 7.11 Å². The normalized spacial score (nSPS) is 31.0. The van der Waals surface area contributed by atoms with Gasteiger partial charge in [-0.2, -0.15) is 17.6 Å². The summed E-state index contributed by atoms with van der Waals surface area (Å²) < 4.78 is 94.6. The van der Waals surface area contributed by atoms with Crippen LogP contribution in [0.15, 0.2) is 12.1 Å². The number of ether oxygens (including phenoxy) is 1. The highest BCUT2D eigenvalue weighted by Gasteiger charge is 2.74. The summed E-state index contributed by atoms with van der Waals surface area (Å²) in [4.78, 5) is 11.6. The van der Waals surface area contributed by atoms with Crippen LogP contribution in [0.5, 0.6) is 5.75 Å². The second-order valence-corrected chi connectivity index (χ2v) is 8.65. The molecule has 4 atom stereocenters. The van der Waals surface area contributed by atoms with Gasteiger partial charge in [0.15, 0.2) is 31.4 Å². The molecule has 1 aliphatic heterocycles. The summed E-state index contributed by atoms with van der Waals surface area (Å²) in [7, 11) is -4.36. The van der Waals surface area contributed by atoms with Crippen molar-refractivity contribution in [1.82, 2.24) is 0 Å². The highest BCUT2D eigenvalue weighted by atomic mass is 32.2. The molecule has 1 heterocycles. The molecule has 0 aliphatic carbocycles. The molecule has 5 nitrogen and oxygen atoms in total. The molecular weight excluding hydrogens is 387 g/mol. The van der Waals surface area contributed by atoms with Gasteiger partial charge in [0.05, 0.1) is 7.11 Å². The van der Waals surface area contributed by atoms with Gasteiger partial charge in [0.25, 0.3) is 0 Å². The van der Waals surface area contributed by atoms with E-state index in [1.165, 1.54) is 0 Å². The largest absolute Gasteiger partial charge is 0.493 e. The van der Waals surface area contributed by atoms with Crippen molar-refractivity contribution in [2.45, 2.75) is 35.9 Å². The van der Waals surface area contributed by atoms with Crippen molar-refractivity contribution in [3.8, 4) is 5.75 Å². The van der Waals surface area contributed by atoms with Crippen LogP contribution in [0, 0.1) is 17.6 Å². The zero-order chi connectivity index (χ0) is 20.2.